The van der Waals surface area contributed by atoms with Crippen molar-refractivity contribution in [1.82, 2.24) is 0 Å². The fourth-order valence-electron chi connectivity index (χ4n) is 1.00. The number of hydrogen-bond acceptors (Lipinski definition) is 4. The highest BCUT2D eigenvalue weighted by Crippen LogP contribution is 2.25. The van der Waals surface area contributed by atoms with E-state index < -0.39 is 25.3 Å². The fourth-order valence-corrected chi connectivity index (χ4v) is 1.00. The van der Waals surface area contributed by atoms with Gasteiger partial charge in [-0.1, -0.05) is 6.08 Å². The van der Waals surface area contributed by atoms with Crippen LogP contribution in [0, 0.1) is 5.92 Å². The molecule has 0 aromatic heterocycles. The SMILES string of the molecule is C=CC(C(=O)O)C(C)(O)CCO.O=P(O)(O)O. The van der Waals surface area contributed by atoms with Crippen molar-refractivity contribution in [2.24, 2.45) is 5.92 Å². The summed E-state index contributed by atoms with van der Waals surface area (Å²) in [4.78, 5) is 32.1. The molecule has 0 rings (SSSR count). The lowest BCUT2D eigenvalue weighted by atomic mass is 9.87. The molecular weight excluding hydrogens is 255 g/mol. The third kappa shape index (κ3) is 11.5. The van der Waals surface area contributed by atoms with Crippen molar-refractivity contribution >= 4 is 13.8 Å². The summed E-state index contributed by atoms with van der Waals surface area (Å²) in [7, 11) is -4.64. The number of aliphatic hydroxyl groups excluding tert-OH is 1. The Morgan fingerprint density at radius 3 is 2.00 bits per heavy atom. The molecule has 17 heavy (non-hydrogen) atoms. The number of aliphatic carboxylic acids is 1. The van der Waals surface area contributed by atoms with E-state index in [4.69, 9.17) is 29.5 Å². The van der Waals surface area contributed by atoms with Crippen LogP contribution in [0.3, 0.4) is 0 Å². The molecule has 0 saturated carbocycles. The third-order valence-corrected chi connectivity index (χ3v) is 1.79. The van der Waals surface area contributed by atoms with Gasteiger partial charge in [0.15, 0.2) is 0 Å². The standard InChI is InChI=1S/C8H14O4.H3O4P/c1-3-6(7(10)11)8(2,12)4-5-9;1-5(2,3)4/h3,6,9,12H,1,4-5H2,2H3,(H,10,11);(H3,1,2,3,4). The van der Waals surface area contributed by atoms with Gasteiger partial charge in [-0.15, -0.1) is 6.58 Å². The molecule has 9 heteroatoms. The first-order chi connectivity index (χ1) is 7.45. The van der Waals surface area contributed by atoms with E-state index >= 15 is 0 Å². The average molecular weight is 272 g/mol. The van der Waals surface area contributed by atoms with E-state index in [1.165, 1.54) is 6.92 Å². The number of carbonyl (C=O) groups is 1. The molecule has 0 aromatic carbocycles. The third-order valence-electron chi connectivity index (χ3n) is 1.79. The summed E-state index contributed by atoms with van der Waals surface area (Å²) in [5.41, 5.74) is -1.43. The molecule has 0 aromatic rings. The van der Waals surface area contributed by atoms with Crippen LogP contribution in [-0.2, 0) is 9.36 Å². The van der Waals surface area contributed by atoms with E-state index in [9.17, 15) is 9.90 Å². The van der Waals surface area contributed by atoms with Gasteiger partial charge >= 0.3 is 13.8 Å². The van der Waals surface area contributed by atoms with Crippen LogP contribution in [0.1, 0.15) is 13.3 Å². The largest absolute Gasteiger partial charge is 0.481 e. The summed E-state index contributed by atoms with van der Waals surface area (Å²) < 4.78 is 8.88. The summed E-state index contributed by atoms with van der Waals surface area (Å²) in [6.45, 7) is 4.43. The minimum atomic E-state index is -4.64. The second-order valence-corrected chi connectivity index (χ2v) is 4.42. The van der Waals surface area contributed by atoms with Crippen LogP contribution < -0.4 is 0 Å². The van der Waals surface area contributed by atoms with Gasteiger partial charge < -0.3 is 30.0 Å². The van der Waals surface area contributed by atoms with Gasteiger partial charge in [0, 0.05) is 13.0 Å². The Morgan fingerprint density at radius 1 is 1.47 bits per heavy atom. The van der Waals surface area contributed by atoms with Crippen LogP contribution in [-0.4, -0.2) is 48.2 Å². The van der Waals surface area contributed by atoms with Crippen LogP contribution >= 0.6 is 7.82 Å². The molecule has 0 bridgehead atoms. The average Bonchev–Trinajstić information content (AvgIpc) is 1.99. The lowest BCUT2D eigenvalue weighted by Gasteiger charge is -2.26. The van der Waals surface area contributed by atoms with Crippen molar-refractivity contribution < 1.29 is 39.4 Å². The Kier molecular flexibility index (Phi) is 8.25. The normalized spacial score (nSPS) is 16.1. The molecular formula is C8H17O8P. The minimum absolute atomic E-state index is 0.0238. The first-order valence-electron chi connectivity index (χ1n) is 4.42. The first-order valence-corrected chi connectivity index (χ1v) is 5.99. The number of aliphatic hydroxyl groups is 2. The summed E-state index contributed by atoms with van der Waals surface area (Å²) in [6.07, 6.45) is 1.19. The van der Waals surface area contributed by atoms with E-state index in [0.717, 1.165) is 6.08 Å². The van der Waals surface area contributed by atoms with E-state index in [1.54, 1.807) is 0 Å². The maximum absolute atomic E-state index is 10.5. The van der Waals surface area contributed by atoms with E-state index in [0.29, 0.717) is 0 Å². The Balaban J connectivity index is 0. The number of carboxylic acid groups (broad SMARTS) is 1. The number of rotatable bonds is 5. The predicted octanol–water partition coefficient (Wildman–Crippen LogP) is -0.922. The molecule has 2 unspecified atom stereocenters. The van der Waals surface area contributed by atoms with Gasteiger partial charge in [-0.25, -0.2) is 4.57 Å². The zero-order valence-corrected chi connectivity index (χ0v) is 10.1. The first kappa shape index (κ1) is 18.6. The molecule has 0 amide bonds. The lowest BCUT2D eigenvalue weighted by molar-refractivity contribution is -0.148. The Labute approximate surface area is 98.1 Å². The van der Waals surface area contributed by atoms with Crippen molar-refractivity contribution in [1.29, 1.82) is 0 Å². The van der Waals surface area contributed by atoms with Gasteiger partial charge in [0.2, 0.25) is 0 Å². The van der Waals surface area contributed by atoms with E-state index in [1.807, 2.05) is 0 Å². The smallest absolute Gasteiger partial charge is 0.466 e. The summed E-state index contributed by atoms with van der Waals surface area (Å²) in [5, 5.41) is 26.7. The number of hydrogen-bond donors (Lipinski definition) is 6. The molecule has 0 aliphatic rings. The van der Waals surface area contributed by atoms with Gasteiger partial charge in [-0.05, 0) is 6.92 Å². The second-order valence-electron chi connectivity index (χ2n) is 3.40. The highest BCUT2D eigenvalue weighted by molar-refractivity contribution is 7.45. The highest BCUT2D eigenvalue weighted by atomic mass is 31.2. The summed E-state index contributed by atoms with van der Waals surface area (Å²) >= 11 is 0. The topological polar surface area (TPSA) is 156 Å². The number of phosphoric acid groups is 1. The zero-order valence-electron chi connectivity index (χ0n) is 9.22. The lowest BCUT2D eigenvalue weighted by Crippen LogP contribution is -2.39. The Bertz CT molecular complexity index is 286. The van der Waals surface area contributed by atoms with Crippen LogP contribution in [0.2, 0.25) is 0 Å². The van der Waals surface area contributed by atoms with Gasteiger partial charge in [-0.2, -0.15) is 0 Å². The van der Waals surface area contributed by atoms with Gasteiger partial charge in [0.05, 0.1) is 5.60 Å². The second kappa shape index (κ2) is 7.54. The van der Waals surface area contributed by atoms with Gasteiger partial charge in [0.25, 0.3) is 0 Å². The number of carboxylic acids is 1. The van der Waals surface area contributed by atoms with Gasteiger partial charge in [0.1, 0.15) is 5.92 Å². The molecule has 0 spiro atoms. The van der Waals surface area contributed by atoms with Crippen LogP contribution in [0.15, 0.2) is 12.7 Å². The van der Waals surface area contributed by atoms with Crippen LogP contribution in [0.5, 0.6) is 0 Å². The van der Waals surface area contributed by atoms with Gasteiger partial charge in [-0.3, -0.25) is 4.79 Å². The minimum Gasteiger partial charge on any atom is -0.481 e. The Morgan fingerprint density at radius 2 is 1.82 bits per heavy atom. The molecule has 8 nitrogen and oxygen atoms in total. The van der Waals surface area contributed by atoms with Crippen molar-refractivity contribution in [3.63, 3.8) is 0 Å². The fraction of sp³-hybridized carbons (Fsp3) is 0.625. The molecule has 102 valence electrons. The predicted molar refractivity (Wildman–Crippen MR) is 57.9 cm³/mol. The van der Waals surface area contributed by atoms with Crippen molar-refractivity contribution in [3.8, 4) is 0 Å². The zero-order chi connectivity index (χ0) is 14.3. The maximum Gasteiger partial charge on any atom is 0.466 e. The van der Waals surface area contributed by atoms with Crippen molar-refractivity contribution in [2.45, 2.75) is 18.9 Å². The van der Waals surface area contributed by atoms with Crippen molar-refractivity contribution in [3.05, 3.63) is 12.7 Å². The maximum atomic E-state index is 10.5. The van der Waals surface area contributed by atoms with E-state index in [2.05, 4.69) is 6.58 Å². The molecule has 0 fully saturated rings. The van der Waals surface area contributed by atoms with Crippen LogP contribution in [0.4, 0.5) is 0 Å². The summed E-state index contributed by atoms with van der Waals surface area (Å²) in [5.74, 6) is -2.17. The molecule has 2 atom stereocenters. The monoisotopic (exact) mass is 272 g/mol. The molecule has 0 heterocycles. The molecule has 0 radical (unpaired) electrons. The summed E-state index contributed by atoms with van der Waals surface area (Å²) in [6, 6.07) is 0. The molecule has 0 aliphatic carbocycles. The molecule has 6 N–H and O–H groups in total. The van der Waals surface area contributed by atoms with Crippen LogP contribution in [0.25, 0.3) is 0 Å². The molecule has 0 aliphatic heterocycles. The van der Waals surface area contributed by atoms with Crippen molar-refractivity contribution in [2.75, 3.05) is 6.61 Å². The molecule has 0 saturated heterocycles. The quantitative estimate of drug-likeness (QED) is 0.277. The highest BCUT2D eigenvalue weighted by Gasteiger charge is 2.34. The Hall–Kier alpha value is -0.760. The van der Waals surface area contributed by atoms with E-state index in [-0.39, 0.29) is 13.0 Å².